The van der Waals surface area contributed by atoms with Gasteiger partial charge >= 0.3 is 0 Å². The smallest absolute Gasteiger partial charge is 0.00418 e. The number of nitrogens with one attached hydrogen (secondary N) is 1. The van der Waals surface area contributed by atoms with E-state index in [1.807, 2.05) is 0 Å². The second-order valence-electron chi connectivity index (χ2n) is 5.27. The van der Waals surface area contributed by atoms with Gasteiger partial charge in [-0.3, -0.25) is 0 Å². The summed E-state index contributed by atoms with van der Waals surface area (Å²) in [6.45, 7) is 12.3. The Bertz CT molecular complexity index is 332. The van der Waals surface area contributed by atoms with Crippen LogP contribution in [0.25, 0.3) is 0 Å². The maximum absolute atomic E-state index is 3.55. The first kappa shape index (κ1) is 14.2. The van der Waals surface area contributed by atoms with Gasteiger partial charge in [-0.1, -0.05) is 24.6 Å². The summed E-state index contributed by atoms with van der Waals surface area (Å²) in [7, 11) is 0. The van der Waals surface area contributed by atoms with Gasteiger partial charge < -0.3 is 5.32 Å². The molecule has 0 fully saturated rings. The first-order valence-electron chi connectivity index (χ1n) is 6.84. The zero-order chi connectivity index (χ0) is 12.8. The summed E-state index contributed by atoms with van der Waals surface area (Å²) in [6.07, 6.45) is 3.63. The van der Waals surface area contributed by atoms with Crippen LogP contribution < -0.4 is 5.32 Å². The molecule has 0 amide bonds. The van der Waals surface area contributed by atoms with E-state index < -0.39 is 0 Å². The third-order valence-electron chi connectivity index (χ3n) is 3.41. The highest BCUT2D eigenvalue weighted by Gasteiger charge is 2.06. The van der Waals surface area contributed by atoms with Crippen molar-refractivity contribution in [3.05, 3.63) is 34.4 Å². The molecule has 1 aromatic rings. The Morgan fingerprint density at radius 2 is 1.71 bits per heavy atom. The van der Waals surface area contributed by atoms with E-state index in [-0.39, 0.29) is 0 Å². The van der Waals surface area contributed by atoms with Gasteiger partial charge in [0.25, 0.3) is 0 Å². The predicted molar refractivity (Wildman–Crippen MR) is 76.7 cm³/mol. The van der Waals surface area contributed by atoms with E-state index in [1.165, 1.54) is 36.0 Å². The van der Waals surface area contributed by atoms with E-state index in [1.54, 1.807) is 5.56 Å². The highest BCUT2D eigenvalue weighted by Crippen LogP contribution is 2.18. The summed E-state index contributed by atoms with van der Waals surface area (Å²) in [4.78, 5) is 0. The first-order chi connectivity index (χ1) is 8.04. The molecule has 1 N–H and O–H groups in total. The number of aryl methyl sites for hydroxylation is 3. The van der Waals surface area contributed by atoms with Gasteiger partial charge in [0, 0.05) is 6.04 Å². The third kappa shape index (κ3) is 4.51. The molecule has 0 spiro atoms. The Morgan fingerprint density at radius 3 is 2.24 bits per heavy atom. The SMILES string of the molecule is CCCNC(C)CCc1c(C)cc(C)cc1C. The lowest BCUT2D eigenvalue weighted by molar-refractivity contribution is 0.513. The minimum absolute atomic E-state index is 0.620. The molecular weight excluding hydrogens is 206 g/mol. The Kier molecular flexibility index (Phi) is 5.70. The fourth-order valence-electron chi connectivity index (χ4n) is 2.46. The topological polar surface area (TPSA) is 12.0 Å². The van der Waals surface area contributed by atoms with E-state index in [2.05, 4.69) is 52.1 Å². The van der Waals surface area contributed by atoms with Crippen LogP contribution in [-0.2, 0) is 6.42 Å². The van der Waals surface area contributed by atoms with Crippen LogP contribution in [-0.4, -0.2) is 12.6 Å². The van der Waals surface area contributed by atoms with Crippen molar-refractivity contribution in [3.63, 3.8) is 0 Å². The highest BCUT2D eigenvalue weighted by molar-refractivity contribution is 5.37. The Balaban J connectivity index is 2.57. The summed E-state index contributed by atoms with van der Waals surface area (Å²) in [5, 5.41) is 3.55. The molecule has 96 valence electrons. The second kappa shape index (κ2) is 6.80. The highest BCUT2D eigenvalue weighted by atomic mass is 14.9. The largest absolute Gasteiger partial charge is 0.314 e. The molecule has 1 nitrogen and oxygen atoms in total. The van der Waals surface area contributed by atoms with Crippen LogP contribution in [0.5, 0.6) is 0 Å². The van der Waals surface area contributed by atoms with Crippen LogP contribution in [0.4, 0.5) is 0 Å². The van der Waals surface area contributed by atoms with Crippen molar-refractivity contribution in [2.24, 2.45) is 0 Å². The monoisotopic (exact) mass is 233 g/mol. The van der Waals surface area contributed by atoms with Gasteiger partial charge in [-0.15, -0.1) is 0 Å². The fourth-order valence-corrected chi connectivity index (χ4v) is 2.46. The molecule has 0 aliphatic carbocycles. The molecule has 0 aliphatic rings. The minimum Gasteiger partial charge on any atom is -0.314 e. The molecule has 1 rings (SSSR count). The molecule has 0 aliphatic heterocycles. The van der Waals surface area contributed by atoms with E-state index in [0.717, 1.165) is 6.54 Å². The lowest BCUT2D eigenvalue weighted by Crippen LogP contribution is -2.27. The van der Waals surface area contributed by atoms with Gasteiger partial charge in [-0.25, -0.2) is 0 Å². The lowest BCUT2D eigenvalue weighted by Gasteiger charge is -2.16. The van der Waals surface area contributed by atoms with Gasteiger partial charge in [-0.2, -0.15) is 0 Å². The summed E-state index contributed by atoms with van der Waals surface area (Å²) in [5.74, 6) is 0. The molecule has 0 radical (unpaired) electrons. The van der Waals surface area contributed by atoms with Gasteiger partial charge in [0.2, 0.25) is 0 Å². The third-order valence-corrected chi connectivity index (χ3v) is 3.41. The average molecular weight is 233 g/mol. The zero-order valence-electron chi connectivity index (χ0n) is 12.1. The molecule has 0 saturated carbocycles. The van der Waals surface area contributed by atoms with Gasteiger partial charge in [-0.05, 0) is 70.2 Å². The Labute approximate surface area is 107 Å². The van der Waals surface area contributed by atoms with Gasteiger partial charge in [0.05, 0.1) is 0 Å². The van der Waals surface area contributed by atoms with E-state index in [4.69, 9.17) is 0 Å². The van der Waals surface area contributed by atoms with Crippen molar-refractivity contribution in [3.8, 4) is 0 Å². The number of hydrogen-bond acceptors (Lipinski definition) is 1. The van der Waals surface area contributed by atoms with Crippen molar-refractivity contribution in [2.75, 3.05) is 6.54 Å². The first-order valence-corrected chi connectivity index (χ1v) is 6.84. The van der Waals surface area contributed by atoms with E-state index >= 15 is 0 Å². The maximum atomic E-state index is 3.55. The average Bonchev–Trinajstić information content (AvgIpc) is 2.24. The summed E-state index contributed by atoms with van der Waals surface area (Å²) in [6, 6.07) is 5.22. The molecule has 0 heterocycles. The van der Waals surface area contributed by atoms with E-state index in [9.17, 15) is 0 Å². The maximum Gasteiger partial charge on any atom is 0.00418 e. The summed E-state index contributed by atoms with van der Waals surface area (Å²) < 4.78 is 0. The van der Waals surface area contributed by atoms with Crippen molar-refractivity contribution >= 4 is 0 Å². The molecule has 1 unspecified atom stereocenters. The second-order valence-corrected chi connectivity index (χ2v) is 5.27. The van der Waals surface area contributed by atoms with Crippen LogP contribution in [0.2, 0.25) is 0 Å². The van der Waals surface area contributed by atoms with Crippen LogP contribution in [0.1, 0.15) is 48.9 Å². The lowest BCUT2D eigenvalue weighted by atomic mass is 9.95. The normalized spacial score (nSPS) is 12.8. The zero-order valence-corrected chi connectivity index (χ0v) is 12.1. The van der Waals surface area contributed by atoms with Gasteiger partial charge in [0.1, 0.15) is 0 Å². The van der Waals surface area contributed by atoms with Crippen LogP contribution in [0.15, 0.2) is 12.1 Å². The van der Waals surface area contributed by atoms with E-state index in [0.29, 0.717) is 6.04 Å². The molecule has 1 aromatic carbocycles. The standard InChI is InChI=1S/C16H27N/c1-6-9-17-15(5)7-8-16-13(3)10-12(2)11-14(16)4/h10-11,15,17H,6-9H2,1-5H3. The number of rotatable bonds is 6. The fraction of sp³-hybridized carbons (Fsp3) is 0.625. The molecule has 17 heavy (non-hydrogen) atoms. The predicted octanol–water partition coefficient (Wildman–Crippen LogP) is 3.93. The Morgan fingerprint density at radius 1 is 1.12 bits per heavy atom. The van der Waals surface area contributed by atoms with Crippen molar-refractivity contribution in [2.45, 2.75) is 59.9 Å². The number of benzene rings is 1. The Hall–Kier alpha value is -0.820. The van der Waals surface area contributed by atoms with Crippen molar-refractivity contribution in [1.29, 1.82) is 0 Å². The summed E-state index contributed by atoms with van der Waals surface area (Å²) >= 11 is 0. The van der Waals surface area contributed by atoms with Crippen LogP contribution in [0.3, 0.4) is 0 Å². The number of hydrogen-bond donors (Lipinski definition) is 1. The molecular formula is C16H27N. The molecule has 0 bridgehead atoms. The molecule has 1 atom stereocenters. The minimum atomic E-state index is 0.620. The van der Waals surface area contributed by atoms with Crippen LogP contribution in [0, 0.1) is 20.8 Å². The summed E-state index contributed by atoms with van der Waals surface area (Å²) in [5.41, 5.74) is 5.82. The van der Waals surface area contributed by atoms with Crippen molar-refractivity contribution < 1.29 is 0 Å². The molecule has 1 heteroatoms. The van der Waals surface area contributed by atoms with Crippen molar-refractivity contribution in [1.82, 2.24) is 5.32 Å². The van der Waals surface area contributed by atoms with Gasteiger partial charge in [0.15, 0.2) is 0 Å². The molecule has 0 aromatic heterocycles. The van der Waals surface area contributed by atoms with Crippen LogP contribution >= 0.6 is 0 Å². The molecule has 0 saturated heterocycles. The quantitative estimate of drug-likeness (QED) is 0.785.